The summed E-state index contributed by atoms with van der Waals surface area (Å²) in [5.41, 5.74) is 0.691. The van der Waals surface area contributed by atoms with E-state index in [0.29, 0.717) is 5.13 Å². The lowest BCUT2D eigenvalue weighted by Gasteiger charge is -2.19. The number of thiazole rings is 1. The highest BCUT2D eigenvalue weighted by Gasteiger charge is 2.15. The number of amides is 2. The van der Waals surface area contributed by atoms with Gasteiger partial charge in [-0.1, -0.05) is 17.4 Å². The number of rotatable bonds is 2. The van der Waals surface area contributed by atoms with Crippen LogP contribution in [0.5, 0.6) is 0 Å². The van der Waals surface area contributed by atoms with Gasteiger partial charge in [0.2, 0.25) is 0 Å². The van der Waals surface area contributed by atoms with Crippen LogP contribution in [0.4, 0.5) is 9.93 Å². The molecule has 0 unspecified atom stereocenters. The molecule has 0 fully saturated rings. The molecular weight excluding hydrogens is 278 g/mol. The summed E-state index contributed by atoms with van der Waals surface area (Å²) in [5.74, 6) is 0. The van der Waals surface area contributed by atoms with Crippen molar-refractivity contribution in [2.45, 2.75) is 31.2 Å². The highest BCUT2D eigenvalue weighted by atomic mass is 32.2. The number of hydrogen-bond donors (Lipinski definition) is 2. The summed E-state index contributed by atoms with van der Waals surface area (Å²) < 4.78 is 1.08. The topological polar surface area (TPSA) is 54.0 Å². The third-order valence-electron chi connectivity index (χ3n) is 2.31. The molecule has 0 saturated carbocycles. The first-order chi connectivity index (χ1) is 8.89. The number of para-hydroxylation sites is 1. The van der Waals surface area contributed by atoms with Gasteiger partial charge >= 0.3 is 6.03 Å². The average Bonchev–Trinajstić information content (AvgIpc) is 2.67. The van der Waals surface area contributed by atoms with E-state index in [9.17, 15) is 4.79 Å². The normalized spacial score (nSPS) is 11.6. The number of thioether (sulfide) groups is 1. The molecule has 0 atom stereocenters. The van der Waals surface area contributed by atoms with Crippen molar-refractivity contribution in [1.29, 1.82) is 0 Å². The molecule has 0 bridgehead atoms. The minimum atomic E-state index is -0.259. The average molecular weight is 295 g/mol. The van der Waals surface area contributed by atoms with Crippen molar-refractivity contribution < 1.29 is 4.79 Å². The third kappa shape index (κ3) is 3.61. The molecule has 0 aliphatic rings. The van der Waals surface area contributed by atoms with Gasteiger partial charge in [-0.05, 0) is 39.2 Å². The van der Waals surface area contributed by atoms with Gasteiger partial charge in [0.1, 0.15) is 0 Å². The fourth-order valence-electron chi connectivity index (χ4n) is 1.61. The lowest BCUT2D eigenvalue weighted by atomic mass is 10.1. The van der Waals surface area contributed by atoms with E-state index in [-0.39, 0.29) is 11.6 Å². The number of carbonyl (C=O) groups excluding carboxylic acids is 1. The second kappa shape index (κ2) is 5.38. The van der Waals surface area contributed by atoms with Gasteiger partial charge < -0.3 is 5.32 Å². The summed E-state index contributed by atoms with van der Waals surface area (Å²) >= 11 is 3.14. The van der Waals surface area contributed by atoms with Crippen molar-refractivity contribution in [2.75, 3.05) is 11.6 Å². The number of carbonyl (C=O) groups is 1. The Kier molecular flexibility index (Phi) is 4.01. The molecule has 2 N–H and O–H groups in total. The fraction of sp³-hybridized carbons (Fsp3) is 0.385. The zero-order valence-corrected chi connectivity index (χ0v) is 13.0. The molecule has 1 heterocycles. The van der Waals surface area contributed by atoms with Gasteiger partial charge in [0.05, 0.1) is 10.2 Å². The molecule has 1 aromatic carbocycles. The van der Waals surface area contributed by atoms with Gasteiger partial charge in [-0.25, -0.2) is 9.78 Å². The van der Waals surface area contributed by atoms with Crippen molar-refractivity contribution in [2.24, 2.45) is 0 Å². The molecule has 0 saturated heterocycles. The van der Waals surface area contributed by atoms with Crippen LogP contribution >= 0.6 is 23.1 Å². The van der Waals surface area contributed by atoms with Crippen LogP contribution in [0.1, 0.15) is 20.8 Å². The maximum absolute atomic E-state index is 11.8. The molecule has 0 radical (unpaired) electrons. The van der Waals surface area contributed by atoms with Crippen LogP contribution in [-0.2, 0) is 0 Å². The maximum Gasteiger partial charge on any atom is 0.321 e. The lowest BCUT2D eigenvalue weighted by Crippen LogP contribution is -2.43. The van der Waals surface area contributed by atoms with E-state index in [4.69, 9.17) is 0 Å². The van der Waals surface area contributed by atoms with E-state index in [0.717, 1.165) is 15.1 Å². The summed E-state index contributed by atoms with van der Waals surface area (Å²) in [5, 5.41) is 6.26. The first kappa shape index (κ1) is 14.1. The summed E-state index contributed by atoms with van der Waals surface area (Å²) in [4.78, 5) is 17.4. The largest absolute Gasteiger partial charge is 0.333 e. The Hall–Kier alpha value is -1.27. The zero-order chi connectivity index (χ0) is 14.0. The van der Waals surface area contributed by atoms with Crippen LogP contribution < -0.4 is 10.6 Å². The van der Waals surface area contributed by atoms with Crippen LogP contribution in [-0.4, -0.2) is 22.8 Å². The number of benzene rings is 1. The molecule has 2 rings (SSSR count). The predicted molar refractivity (Wildman–Crippen MR) is 83.3 cm³/mol. The highest BCUT2D eigenvalue weighted by Crippen LogP contribution is 2.32. The quantitative estimate of drug-likeness (QED) is 0.825. The maximum atomic E-state index is 11.8. The van der Waals surface area contributed by atoms with E-state index in [2.05, 4.69) is 15.6 Å². The molecular formula is C13H17N3OS2. The third-order valence-corrected chi connectivity index (χ3v) is 4.02. The fourth-order valence-corrected chi connectivity index (χ4v) is 3.13. The molecule has 4 nitrogen and oxygen atoms in total. The van der Waals surface area contributed by atoms with E-state index < -0.39 is 0 Å². The van der Waals surface area contributed by atoms with Crippen molar-refractivity contribution in [1.82, 2.24) is 10.3 Å². The van der Waals surface area contributed by atoms with Gasteiger partial charge in [0, 0.05) is 10.4 Å². The molecule has 2 amide bonds. The Morgan fingerprint density at radius 3 is 2.74 bits per heavy atom. The number of nitrogens with one attached hydrogen (secondary N) is 2. The van der Waals surface area contributed by atoms with Crippen molar-refractivity contribution >= 4 is 44.5 Å². The predicted octanol–water partition coefficient (Wildman–Crippen LogP) is 3.94. The molecule has 1 aromatic heterocycles. The van der Waals surface area contributed by atoms with Gasteiger partial charge in [0.25, 0.3) is 0 Å². The smallest absolute Gasteiger partial charge is 0.321 e. The Morgan fingerprint density at radius 1 is 1.37 bits per heavy atom. The number of nitrogens with zero attached hydrogens (tertiary/aromatic N) is 1. The first-order valence-electron chi connectivity index (χ1n) is 5.92. The molecule has 6 heteroatoms. The summed E-state index contributed by atoms with van der Waals surface area (Å²) in [6.45, 7) is 5.82. The number of aromatic nitrogens is 1. The number of anilines is 1. The standard InChI is InChI=1S/C13H17N3OS2/c1-13(2,3)16-11(17)15-12-14-10-8(18-4)6-5-7-9(10)19-12/h5-7H,1-4H3,(H2,14,15,16,17). The SMILES string of the molecule is CSc1cccc2sc(NC(=O)NC(C)(C)C)nc12. The van der Waals surface area contributed by atoms with E-state index in [1.807, 2.05) is 45.2 Å². The van der Waals surface area contributed by atoms with Gasteiger partial charge in [0.15, 0.2) is 5.13 Å². The second-order valence-corrected chi connectivity index (χ2v) is 7.03. The highest BCUT2D eigenvalue weighted by molar-refractivity contribution is 7.98. The number of hydrogen-bond acceptors (Lipinski definition) is 4. The zero-order valence-electron chi connectivity index (χ0n) is 11.4. The van der Waals surface area contributed by atoms with Crippen molar-refractivity contribution in [3.63, 3.8) is 0 Å². The molecule has 2 aromatic rings. The van der Waals surface area contributed by atoms with Crippen LogP contribution in [0, 0.1) is 0 Å². The molecule has 0 spiro atoms. The summed E-state index contributed by atoms with van der Waals surface area (Å²) in [7, 11) is 0. The number of fused-ring (bicyclic) bond motifs is 1. The van der Waals surface area contributed by atoms with Gasteiger partial charge in [-0.3, -0.25) is 5.32 Å². The summed E-state index contributed by atoms with van der Waals surface area (Å²) in [6, 6.07) is 5.83. The van der Waals surface area contributed by atoms with Crippen LogP contribution in [0.2, 0.25) is 0 Å². The Balaban J connectivity index is 2.20. The van der Waals surface area contributed by atoms with Crippen molar-refractivity contribution in [3.8, 4) is 0 Å². The minimum absolute atomic E-state index is 0.225. The van der Waals surface area contributed by atoms with Gasteiger partial charge in [-0.2, -0.15) is 0 Å². The van der Waals surface area contributed by atoms with E-state index in [1.54, 1.807) is 11.8 Å². The number of urea groups is 1. The minimum Gasteiger partial charge on any atom is -0.333 e. The van der Waals surface area contributed by atoms with E-state index >= 15 is 0 Å². The Morgan fingerprint density at radius 2 is 2.11 bits per heavy atom. The van der Waals surface area contributed by atoms with E-state index in [1.165, 1.54) is 11.3 Å². The molecule has 102 valence electrons. The van der Waals surface area contributed by atoms with Crippen LogP contribution in [0.25, 0.3) is 10.2 Å². The second-order valence-electron chi connectivity index (χ2n) is 5.16. The molecule has 19 heavy (non-hydrogen) atoms. The molecule has 0 aliphatic carbocycles. The Labute approximate surface area is 121 Å². The lowest BCUT2D eigenvalue weighted by molar-refractivity contribution is 0.244. The molecule has 0 aliphatic heterocycles. The van der Waals surface area contributed by atoms with Crippen molar-refractivity contribution in [3.05, 3.63) is 18.2 Å². The van der Waals surface area contributed by atoms with Crippen LogP contribution in [0.15, 0.2) is 23.1 Å². The monoisotopic (exact) mass is 295 g/mol. The first-order valence-corrected chi connectivity index (χ1v) is 7.96. The Bertz CT molecular complexity index is 601. The van der Waals surface area contributed by atoms with Gasteiger partial charge in [-0.15, -0.1) is 11.8 Å². The summed E-state index contributed by atoms with van der Waals surface area (Å²) in [6.07, 6.45) is 2.02. The van der Waals surface area contributed by atoms with Crippen LogP contribution in [0.3, 0.4) is 0 Å².